The fraction of sp³-hybridized carbons (Fsp3) is 1.00. The molecule has 50 valence electrons. The molecule has 1 unspecified atom stereocenters. The zero-order chi connectivity index (χ0) is 6.57. The lowest BCUT2D eigenvalue weighted by Crippen LogP contribution is -2.37. The van der Waals surface area contributed by atoms with E-state index in [1.165, 1.54) is 0 Å². The van der Waals surface area contributed by atoms with Crippen LogP contribution in [-0.2, 0) is 0 Å². The molecule has 0 rings (SSSR count). The molecule has 0 saturated heterocycles. The Labute approximate surface area is 51.5 Å². The lowest BCUT2D eigenvalue weighted by atomic mass is 10.1. The summed E-state index contributed by atoms with van der Waals surface area (Å²) in [5.41, 5.74) is 5.42. The first-order chi connectivity index (χ1) is 3.72. The van der Waals surface area contributed by atoms with E-state index in [9.17, 15) is 0 Å². The van der Waals surface area contributed by atoms with Gasteiger partial charge in [0.25, 0.3) is 0 Å². The van der Waals surface area contributed by atoms with Crippen molar-refractivity contribution in [2.45, 2.75) is 19.9 Å². The van der Waals surface area contributed by atoms with Crippen molar-refractivity contribution in [2.75, 3.05) is 13.6 Å². The van der Waals surface area contributed by atoms with Gasteiger partial charge in [0.15, 0.2) is 0 Å². The van der Waals surface area contributed by atoms with Gasteiger partial charge in [0, 0.05) is 12.6 Å². The van der Waals surface area contributed by atoms with E-state index in [0.717, 1.165) is 6.54 Å². The van der Waals surface area contributed by atoms with Crippen LogP contribution in [0.4, 0.5) is 0 Å². The van der Waals surface area contributed by atoms with Gasteiger partial charge >= 0.3 is 0 Å². The minimum atomic E-state index is 0.481. The minimum absolute atomic E-state index is 0.481. The minimum Gasteiger partial charge on any atom is -0.329 e. The number of nitrogens with one attached hydrogen (secondary N) is 1. The highest BCUT2D eigenvalue weighted by atomic mass is 14.9. The third-order valence-electron chi connectivity index (χ3n) is 1.43. The van der Waals surface area contributed by atoms with Gasteiger partial charge in [-0.15, -0.1) is 0 Å². The van der Waals surface area contributed by atoms with Gasteiger partial charge in [-0.3, -0.25) is 0 Å². The first-order valence-electron chi connectivity index (χ1n) is 3.09. The molecule has 0 radical (unpaired) electrons. The van der Waals surface area contributed by atoms with Gasteiger partial charge in [-0.1, -0.05) is 13.8 Å². The lowest BCUT2D eigenvalue weighted by molar-refractivity contribution is 0.435. The third-order valence-corrected chi connectivity index (χ3v) is 1.43. The predicted molar refractivity (Wildman–Crippen MR) is 36.7 cm³/mol. The van der Waals surface area contributed by atoms with E-state index >= 15 is 0 Å². The molecular formula is C6H16N2. The van der Waals surface area contributed by atoms with Crippen molar-refractivity contribution >= 4 is 0 Å². The first-order valence-corrected chi connectivity index (χ1v) is 3.09. The SMILES string of the molecule is CNC(CN)C(C)C. The quantitative estimate of drug-likeness (QED) is 0.552. The van der Waals surface area contributed by atoms with Crippen molar-refractivity contribution in [3.8, 4) is 0 Å². The standard InChI is InChI=1S/C6H16N2/c1-5(2)6(4-7)8-3/h5-6,8H,4,7H2,1-3H3. The zero-order valence-corrected chi connectivity index (χ0v) is 5.94. The second-order valence-electron chi connectivity index (χ2n) is 2.37. The first kappa shape index (κ1) is 7.92. The van der Waals surface area contributed by atoms with Crippen LogP contribution < -0.4 is 11.1 Å². The van der Waals surface area contributed by atoms with Gasteiger partial charge < -0.3 is 11.1 Å². The third kappa shape index (κ3) is 2.28. The van der Waals surface area contributed by atoms with E-state index < -0.39 is 0 Å². The van der Waals surface area contributed by atoms with E-state index in [-0.39, 0.29) is 0 Å². The van der Waals surface area contributed by atoms with Gasteiger partial charge in [-0.05, 0) is 13.0 Å². The summed E-state index contributed by atoms with van der Waals surface area (Å²) in [4.78, 5) is 0. The summed E-state index contributed by atoms with van der Waals surface area (Å²) >= 11 is 0. The fourth-order valence-corrected chi connectivity index (χ4v) is 0.723. The highest BCUT2D eigenvalue weighted by Gasteiger charge is 2.05. The molecule has 0 aromatic carbocycles. The van der Waals surface area contributed by atoms with Gasteiger partial charge in [-0.25, -0.2) is 0 Å². The highest BCUT2D eigenvalue weighted by Crippen LogP contribution is 1.96. The molecule has 0 amide bonds. The zero-order valence-electron chi connectivity index (χ0n) is 5.94. The van der Waals surface area contributed by atoms with Gasteiger partial charge in [0.2, 0.25) is 0 Å². The maximum atomic E-state index is 5.42. The number of likely N-dealkylation sites (N-methyl/N-ethyl adjacent to an activating group) is 1. The average Bonchev–Trinajstić information content (AvgIpc) is 1.69. The molecule has 0 aromatic heterocycles. The Balaban J connectivity index is 3.35. The van der Waals surface area contributed by atoms with Crippen LogP contribution >= 0.6 is 0 Å². The smallest absolute Gasteiger partial charge is 0.0210 e. The highest BCUT2D eigenvalue weighted by molar-refractivity contribution is 4.67. The van der Waals surface area contributed by atoms with Crippen LogP contribution in [-0.4, -0.2) is 19.6 Å². The molecule has 8 heavy (non-hydrogen) atoms. The van der Waals surface area contributed by atoms with Crippen molar-refractivity contribution in [1.29, 1.82) is 0 Å². The summed E-state index contributed by atoms with van der Waals surface area (Å²) in [5, 5.41) is 3.13. The van der Waals surface area contributed by atoms with Gasteiger partial charge in [-0.2, -0.15) is 0 Å². The summed E-state index contributed by atoms with van der Waals surface area (Å²) in [6.07, 6.45) is 0. The summed E-state index contributed by atoms with van der Waals surface area (Å²) < 4.78 is 0. The van der Waals surface area contributed by atoms with Crippen molar-refractivity contribution in [3.63, 3.8) is 0 Å². The molecule has 0 spiro atoms. The summed E-state index contributed by atoms with van der Waals surface area (Å²) in [7, 11) is 1.94. The van der Waals surface area contributed by atoms with E-state index in [0.29, 0.717) is 12.0 Å². The molecule has 0 heterocycles. The van der Waals surface area contributed by atoms with Gasteiger partial charge in [0.1, 0.15) is 0 Å². The molecule has 0 aromatic rings. The molecular weight excluding hydrogens is 100 g/mol. The Hall–Kier alpha value is -0.0800. The molecule has 2 heteroatoms. The second kappa shape index (κ2) is 3.87. The topological polar surface area (TPSA) is 38.0 Å². The number of nitrogens with two attached hydrogens (primary N) is 1. The van der Waals surface area contributed by atoms with Crippen molar-refractivity contribution in [2.24, 2.45) is 11.7 Å². The van der Waals surface area contributed by atoms with Crippen molar-refractivity contribution < 1.29 is 0 Å². The van der Waals surface area contributed by atoms with E-state index in [1.54, 1.807) is 0 Å². The Bertz CT molecular complexity index is 48.5. The van der Waals surface area contributed by atoms with Crippen molar-refractivity contribution in [3.05, 3.63) is 0 Å². The molecule has 0 fully saturated rings. The van der Waals surface area contributed by atoms with Crippen LogP contribution in [0.1, 0.15) is 13.8 Å². The molecule has 0 aliphatic heterocycles. The maximum absolute atomic E-state index is 5.42. The monoisotopic (exact) mass is 116 g/mol. The van der Waals surface area contributed by atoms with Gasteiger partial charge in [0.05, 0.1) is 0 Å². The maximum Gasteiger partial charge on any atom is 0.0210 e. The predicted octanol–water partition coefficient (Wildman–Crippen LogP) is 0.189. The Morgan fingerprint density at radius 1 is 1.50 bits per heavy atom. The molecule has 0 bridgehead atoms. The molecule has 0 saturated carbocycles. The molecule has 3 N–H and O–H groups in total. The normalized spacial score (nSPS) is 14.6. The fourth-order valence-electron chi connectivity index (χ4n) is 0.723. The van der Waals surface area contributed by atoms with Crippen molar-refractivity contribution in [1.82, 2.24) is 5.32 Å². The van der Waals surface area contributed by atoms with Crippen LogP contribution in [0.2, 0.25) is 0 Å². The number of rotatable bonds is 3. The number of hydrogen-bond donors (Lipinski definition) is 2. The van der Waals surface area contributed by atoms with Crippen LogP contribution in [0.5, 0.6) is 0 Å². The number of hydrogen-bond acceptors (Lipinski definition) is 2. The Morgan fingerprint density at radius 3 is 2.00 bits per heavy atom. The summed E-state index contributed by atoms with van der Waals surface area (Å²) in [5.74, 6) is 0.644. The van der Waals surface area contributed by atoms with Crippen LogP contribution in [0.25, 0.3) is 0 Å². The Kier molecular flexibility index (Phi) is 3.83. The second-order valence-corrected chi connectivity index (χ2v) is 2.37. The Morgan fingerprint density at radius 2 is 2.00 bits per heavy atom. The lowest BCUT2D eigenvalue weighted by Gasteiger charge is -2.16. The molecule has 0 aliphatic carbocycles. The van der Waals surface area contributed by atoms with Crippen LogP contribution in [0.3, 0.4) is 0 Å². The molecule has 1 atom stereocenters. The van der Waals surface area contributed by atoms with E-state index in [1.807, 2.05) is 7.05 Å². The van der Waals surface area contributed by atoms with Crippen LogP contribution in [0, 0.1) is 5.92 Å². The largest absolute Gasteiger partial charge is 0.329 e. The summed E-state index contributed by atoms with van der Waals surface area (Å²) in [6.45, 7) is 5.05. The molecule has 2 nitrogen and oxygen atoms in total. The van der Waals surface area contributed by atoms with E-state index in [2.05, 4.69) is 19.2 Å². The summed E-state index contributed by atoms with van der Waals surface area (Å²) in [6, 6.07) is 0.481. The van der Waals surface area contributed by atoms with E-state index in [4.69, 9.17) is 5.73 Å². The van der Waals surface area contributed by atoms with Crippen LogP contribution in [0.15, 0.2) is 0 Å². The average molecular weight is 116 g/mol. The molecule has 0 aliphatic rings.